The number of carbonyl (C=O) groups is 1. The maximum Gasteiger partial charge on any atom is 0.178 e. The molecule has 0 aromatic carbocycles. The number of allylic oxidation sites excluding steroid dienone is 6. The first-order valence-corrected chi connectivity index (χ1v) is 2.89. The standard InChI is InChI=1S/C8H8O/c1-2-7-3-5-8(9)6-4-7/h2-6H,1H3. The summed E-state index contributed by atoms with van der Waals surface area (Å²) >= 11 is 0. The van der Waals surface area contributed by atoms with Crippen molar-refractivity contribution in [2.75, 3.05) is 0 Å². The van der Waals surface area contributed by atoms with Crippen LogP contribution in [-0.4, -0.2) is 5.78 Å². The minimum atomic E-state index is 0.0700. The fourth-order valence-corrected chi connectivity index (χ4v) is 0.660. The Morgan fingerprint density at radius 3 is 2.22 bits per heavy atom. The molecular formula is C8H8O. The molecule has 9 heavy (non-hydrogen) atoms. The summed E-state index contributed by atoms with van der Waals surface area (Å²) in [5, 5.41) is 0. The van der Waals surface area contributed by atoms with E-state index in [1.807, 2.05) is 25.2 Å². The Labute approximate surface area is 54.4 Å². The molecule has 0 bridgehead atoms. The van der Waals surface area contributed by atoms with E-state index >= 15 is 0 Å². The minimum Gasteiger partial charge on any atom is -0.290 e. The summed E-state index contributed by atoms with van der Waals surface area (Å²) in [5.74, 6) is 0.0700. The first-order chi connectivity index (χ1) is 4.33. The fraction of sp³-hybridized carbons (Fsp3) is 0.125. The molecule has 0 spiro atoms. The zero-order chi connectivity index (χ0) is 6.69. The van der Waals surface area contributed by atoms with E-state index < -0.39 is 0 Å². The van der Waals surface area contributed by atoms with E-state index in [1.54, 1.807) is 12.2 Å². The van der Waals surface area contributed by atoms with Gasteiger partial charge in [0, 0.05) is 0 Å². The Kier molecular flexibility index (Phi) is 1.63. The van der Waals surface area contributed by atoms with Crippen molar-refractivity contribution in [3.05, 3.63) is 36.0 Å². The van der Waals surface area contributed by atoms with Crippen LogP contribution in [0.15, 0.2) is 36.0 Å². The second kappa shape index (κ2) is 2.44. The van der Waals surface area contributed by atoms with Crippen molar-refractivity contribution in [2.45, 2.75) is 6.92 Å². The molecule has 0 saturated heterocycles. The summed E-state index contributed by atoms with van der Waals surface area (Å²) in [6.45, 7) is 1.94. The zero-order valence-corrected chi connectivity index (χ0v) is 5.29. The number of hydrogen-bond acceptors (Lipinski definition) is 1. The first kappa shape index (κ1) is 6.02. The van der Waals surface area contributed by atoms with Crippen molar-refractivity contribution in [1.29, 1.82) is 0 Å². The van der Waals surface area contributed by atoms with Crippen LogP contribution in [0, 0.1) is 0 Å². The van der Waals surface area contributed by atoms with Gasteiger partial charge < -0.3 is 0 Å². The normalized spacial score (nSPS) is 16.6. The molecule has 1 rings (SSSR count). The van der Waals surface area contributed by atoms with Crippen LogP contribution >= 0.6 is 0 Å². The third kappa shape index (κ3) is 1.39. The molecule has 1 aliphatic carbocycles. The molecule has 0 aliphatic heterocycles. The van der Waals surface area contributed by atoms with Crippen molar-refractivity contribution < 1.29 is 4.79 Å². The van der Waals surface area contributed by atoms with Gasteiger partial charge in [0.2, 0.25) is 0 Å². The second-order valence-corrected chi connectivity index (χ2v) is 1.86. The van der Waals surface area contributed by atoms with Crippen molar-refractivity contribution in [3.8, 4) is 0 Å². The van der Waals surface area contributed by atoms with Gasteiger partial charge in [-0.3, -0.25) is 4.79 Å². The van der Waals surface area contributed by atoms with Gasteiger partial charge in [-0.15, -0.1) is 0 Å². The SMILES string of the molecule is CC=C1C=CC(=O)C=C1. The molecule has 0 atom stereocenters. The van der Waals surface area contributed by atoms with E-state index in [-0.39, 0.29) is 5.78 Å². The second-order valence-electron chi connectivity index (χ2n) is 1.86. The van der Waals surface area contributed by atoms with Crippen LogP contribution in [0.4, 0.5) is 0 Å². The lowest BCUT2D eigenvalue weighted by Gasteiger charge is -1.95. The number of rotatable bonds is 0. The molecule has 0 amide bonds. The highest BCUT2D eigenvalue weighted by Crippen LogP contribution is 2.04. The Balaban J connectivity index is 2.82. The Morgan fingerprint density at radius 1 is 1.22 bits per heavy atom. The largest absolute Gasteiger partial charge is 0.290 e. The smallest absolute Gasteiger partial charge is 0.178 e. The van der Waals surface area contributed by atoms with Gasteiger partial charge in [0.05, 0.1) is 0 Å². The maximum absolute atomic E-state index is 10.5. The van der Waals surface area contributed by atoms with Crippen LogP contribution in [0.25, 0.3) is 0 Å². The van der Waals surface area contributed by atoms with E-state index in [0.717, 1.165) is 5.57 Å². The molecule has 0 unspecified atom stereocenters. The highest BCUT2D eigenvalue weighted by atomic mass is 16.1. The van der Waals surface area contributed by atoms with E-state index in [9.17, 15) is 4.79 Å². The topological polar surface area (TPSA) is 17.1 Å². The Morgan fingerprint density at radius 2 is 1.78 bits per heavy atom. The highest BCUT2D eigenvalue weighted by molar-refractivity contribution is 6.01. The molecule has 0 aromatic heterocycles. The highest BCUT2D eigenvalue weighted by Gasteiger charge is 1.94. The lowest BCUT2D eigenvalue weighted by molar-refractivity contribution is -0.110. The van der Waals surface area contributed by atoms with Crippen LogP contribution in [0.5, 0.6) is 0 Å². The first-order valence-electron chi connectivity index (χ1n) is 2.89. The molecular weight excluding hydrogens is 112 g/mol. The van der Waals surface area contributed by atoms with E-state index in [1.165, 1.54) is 0 Å². The van der Waals surface area contributed by atoms with Gasteiger partial charge in [-0.05, 0) is 24.6 Å². The van der Waals surface area contributed by atoms with Gasteiger partial charge in [0.1, 0.15) is 0 Å². The molecule has 0 saturated carbocycles. The summed E-state index contributed by atoms with van der Waals surface area (Å²) in [7, 11) is 0. The van der Waals surface area contributed by atoms with Gasteiger partial charge in [0.15, 0.2) is 5.78 Å². The average molecular weight is 120 g/mol. The van der Waals surface area contributed by atoms with Gasteiger partial charge in [-0.25, -0.2) is 0 Å². The lowest BCUT2D eigenvalue weighted by Crippen LogP contribution is -1.90. The zero-order valence-electron chi connectivity index (χ0n) is 5.29. The van der Waals surface area contributed by atoms with Crippen LogP contribution in [-0.2, 0) is 4.79 Å². The monoisotopic (exact) mass is 120 g/mol. The van der Waals surface area contributed by atoms with Crippen molar-refractivity contribution in [2.24, 2.45) is 0 Å². The fourth-order valence-electron chi connectivity index (χ4n) is 0.660. The molecule has 0 radical (unpaired) electrons. The van der Waals surface area contributed by atoms with Gasteiger partial charge in [-0.2, -0.15) is 0 Å². The number of hydrogen-bond donors (Lipinski definition) is 0. The quantitative estimate of drug-likeness (QED) is 0.474. The van der Waals surface area contributed by atoms with Crippen molar-refractivity contribution >= 4 is 5.78 Å². The summed E-state index contributed by atoms with van der Waals surface area (Å²) in [4.78, 5) is 10.5. The number of ketones is 1. The lowest BCUT2D eigenvalue weighted by atomic mass is 10.1. The van der Waals surface area contributed by atoms with Crippen molar-refractivity contribution in [3.63, 3.8) is 0 Å². The average Bonchev–Trinajstić information content (AvgIpc) is 1.90. The van der Waals surface area contributed by atoms with Gasteiger partial charge in [0.25, 0.3) is 0 Å². The van der Waals surface area contributed by atoms with Gasteiger partial charge >= 0.3 is 0 Å². The van der Waals surface area contributed by atoms with E-state index in [4.69, 9.17) is 0 Å². The van der Waals surface area contributed by atoms with Crippen LogP contribution in [0.3, 0.4) is 0 Å². The summed E-state index contributed by atoms with van der Waals surface area (Å²) in [5.41, 5.74) is 1.09. The third-order valence-electron chi connectivity index (χ3n) is 1.21. The van der Waals surface area contributed by atoms with Crippen LogP contribution in [0.2, 0.25) is 0 Å². The maximum atomic E-state index is 10.5. The summed E-state index contributed by atoms with van der Waals surface area (Å²) in [6, 6.07) is 0. The molecule has 1 aliphatic rings. The molecule has 0 heterocycles. The van der Waals surface area contributed by atoms with E-state index in [2.05, 4.69) is 0 Å². The van der Waals surface area contributed by atoms with Gasteiger partial charge in [-0.1, -0.05) is 18.2 Å². The molecule has 0 aromatic rings. The molecule has 0 fully saturated rings. The molecule has 1 nitrogen and oxygen atoms in total. The Hall–Kier alpha value is -1.11. The predicted molar refractivity (Wildman–Crippen MR) is 37.0 cm³/mol. The van der Waals surface area contributed by atoms with E-state index in [0.29, 0.717) is 0 Å². The molecule has 1 heteroatoms. The third-order valence-corrected chi connectivity index (χ3v) is 1.21. The summed E-state index contributed by atoms with van der Waals surface area (Å²) in [6.07, 6.45) is 8.70. The van der Waals surface area contributed by atoms with Crippen molar-refractivity contribution in [1.82, 2.24) is 0 Å². The predicted octanol–water partition coefficient (Wildman–Crippen LogP) is 1.63. The molecule has 46 valence electrons. The summed E-state index contributed by atoms with van der Waals surface area (Å²) < 4.78 is 0. The Bertz CT molecular complexity index is 189. The number of carbonyl (C=O) groups excluding carboxylic acids is 1. The van der Waals surface area contributed by atoms with Crippen LogP contribution in [0.1, 0.15) is 6.92 Å². The van der Waals surface area contributed by atoms with Crippen LogP contribution < -0.4 is 0 Å². The molecule has 0 N–H and O–H groups in total. The minimum absolute atomic E-state index is 0.0700.